The lowest BCUT2D eigenvalue weighted by Crippen LogP contribution is -2.27. The Hall–Kier alpha value is -1.73. The van der Waals surface area contributed by atoms with Gasteiger partial charge in [0.15, 0.2) is 0 Å². The van der Waals surface area contributed by atoms with Crippen LogP contribution < -0.4 is 10.9 Å². The summed E-state index contributed by atoms with van der Waals surface area (Å²) < 4.78 is 4.48. The summed E-state index contributed by atoms with van der Waals surface area (Å²) in [7, 11) is 1.90. The van der Waals surface area contributed by atoms with Crippen molar-refractivity contribution in [2.75, 3.05) is 30.7 Å². The highest BCUT2D eigenvalue weighted by molar-refractivity contribution is 8.22. The standard InChI is InChI=1S/C18H26N4OS2/c1-5-21(6-2)18(24)25-13-12-19-16-14(3)20(4)22(17(16)23)15-10-8-7-9-11-15/h7-11,19H,5-6,12-13H2,1-4H3. The largest absolute Gasteiger partial charge is 0.378 e. The van der Waals surface area contributed by atoms with Crippen LogP contribution in [-0.4, -0.2) is 44.0 Å². The number of hydrogen-bond donors (Lipinski definition) is 1. The zero-order chi connectivity index (χ0) is 18.4. The van der Waals surface area contributed by atoms with Crippen LogP contribution in [0.1, 0.15) is 19.5 Å². The van der Waals surface area contributed by atoms with E-state index < -0.39 is 0 Å². The predicted octanol–water partition coefficient (Wildman–Crippen LogP) is 3.26. The van der Waals surface area contributed by atoms with Gasteiger partial charge in [-0.15, -0.1) is 0 Å². The van der Waals surface area contributed by atoms with Gasteiger partial charge in [0.2, 0.25) is 0 Å². The molecule has 2 rings (SSSR count). The van der Waals surface area contributed by atoms with Gasteiger partial charge in [-0.05, 0) is 32.9 Å². The summed E-state index contributed by atoms with van der Waals surface area (Å²) in [5.41, 5.74) is 2.41. The van der Waals surface area contributed by atoms with Crippen LogP contribution in [0.3, 0.4) is 0 Å². The maximum atomic E-state index is 12.8. The molecule has 0 aliphatic heterocycles. The molecule has 7 heteroatoms. The summed E-state index contributed by atoms with van der Waals surface area (Å²) in [5.74, 6) is 0.828. The van der Waals surface area contributed by atoms with Gasteiger partial charge in [-0.25, -0.2) is 4.68 Å². The molecule has 1 N–H and O–H groups in total. The molecule has 0 saturated carbocycles. The van der Waals surface area contributed by atoms with Gasteiger partial charge in [-0.2, -0.15) is 0 Å². The van der Waals surface area contributed by atoms with Crippen molar-refractivity contribution in [3.8, 4) is 5.69 Å². The third-order valence-corrected chi connectivity index (χ3v) is 5.73. The van der Waals surface area contributed by atoms with Crippen molar-refractivity contribution < 1.29 is 0 Å². The summed E-state index contributed by atoms with van der Waals surface area (Å²) in [4.78, 5) is 14.9. The zero-order valence-electron chi connectivity index (χ0n) is 15.3. The molecule has 1 aromatic heterocycles. The molecule has 0 atom stereocenters. The smallest absolute Gasteiger partial charge is 0.295 e. The summed E-state index contributed by atoms with van der Waals surface area (Å²) in [5, 5.41) is 3.29. The molecule has 0 radical (unpaired) electrons. The van der Waals surface area contributed by atoms with E-state index in [0.29, 0.717) is 12.2 Å². The van der Waals surface area contributed by atoms with Gasteiger partial charge in [-0.3, -0.25) is 9.48 Å². The minimum atomic E-state index is -0.0254. The Bertz CT molecular complexity index is 763. The minimum absolute atomic E-state index is 0.0254. The third kappa shape index (κ3) is 4.46. The second-order valence-electron chi connectivity index (χ2n) is 5.65. The van der Waals surface area contributed by atoms with E-state index in [2.05, 4.69) is 24.1 Å². The molecule has 0 fully saturated rings. The number of anilines is 1. The van der Waals surface area contributed by atoms with E-state index in [9.17, 15) is 4.79 Å². The fourth-order valence-electron chi connectivity index (χ4n) is 2.66. The summed E-state index contributed by atoms with van der Waals surface area (Å²) in [6, 6.07) is 9.68. The fourth-order valence-corrected chi connectivity index (χ4v) is 3.99. The molecule has 25 heavy (non-hydrogen) atoms. The number of hydrogen-bond acceptors (Lipinski definition) is 4. The first-order valence-corrected chi connectivity index (χ1v) is 9.90. The molecule has 136 valence electrons. The highest BCUT2D eigenvalue weighted by atomic mass is 32.2. The molecule has 0 bridgehead atoms. The Kier molecular flexibility index (Phi) is 7.13. The quantitative estimate of drug-likeness (QED) is 0.592. The van der Waals surface area contributed by atoms with Gasteiger partial charge in [0.05, 0.1) is 11.4 Å². The van der Waals surface area contributed by atoms with E-state index in [-0.39, 0.29) is 5.56 Å². The van der Waals surface area contributed by atoms with E-state index in [1.807, 2.05) is 49.0 Å². The molecular formula is C18H26N4OS2. The van der Waals surface area contributed by atoms with Gasteiger partial charge in [-0.1, -0.05) is 42.2 Å². The molecule has 0 aliphatic carbocycles. The lowest BCUT2D eigenvalue weighted by molar-refractivity contribution is 0.482. The molecule has 0 saturated heterocycles. The third-order valence-electron chi connectivity index (χ3n) is 4.21. The van der Waals surface area contributed by atoms with Gasteiger partial charge in [0.1, 0.15) is 10.0 Å². The van der Waals surface area contributed by atoms with Gasteiger partial charge < -0.3 is 10.2 Å². The van der Waals surface area contributed by atoms with Crippen molar-refractivity contribution in [1.82, 2.24) is 14.3 Å². The Morgan fingerprint density at radius 3 is 2.48 bits per heavy atom. The number of aromatic nitrogens is 2. The number of nitrogens with zero attached hydrogens (tertiary/aromatic N) is 3. The van der Waals surface area contributed by atoms with Crippen LogP contribution in [0, 0.1) is 6.92 Å². The van der Waals surface area contributed by atoms with E-state index in [4.69, 9.17) is 12.2 Å². The fraction of sp³-hybridized carbons (Fsp3) is 0.444. The van der Waals surface area contributed by atoms with Crippen LogP contribution in [-0.2, 0) is 7.05 Å². The van der Waals surface area contributed by atoms with E-state index in [0.717, 1.165) is 34.5 Å². The highest BCUT2D eigenvalue weighted by Crippen LogP contribution is 2.15. The molecular weight excluding hydrogens is 352 g/mol. The molecule has 5 nitrogen and oxygen atoms in total. The second kappa shape index (κ2) is 9.10. The van der Waals surface area contributed by atoms with Crippen LogP contribution in [0.25, 0.3) is 5.69 Å². The van der Waals surface area contributed by atoms with Crippen molar-refractivity contribution >= 4 is 34.0 Å². The molecule has 0 aliphatic rings. The van der Waals surface area contributed by atoms with Crippen LogP contribution in [0.15, 0.2) is 35.1 Å². The first-order chi connectivity index (χ1) is 12.0. The maximum Gasteiger partial charge on any atom is 0.295 e. The average molecular weight is 379 g/mol. The summed E-state index contributed by atoms with van der Waals surface area (Å²) >= 11 is 7.09. The SMILES string of the molecule is CCN(CC)C(=S)SCCNc1c(C)n(C)n(-c2ccccc2)c1=O. The Balaban J connectivity index is 2.04. The number of para-hydroxylation sites is 1. The maximum absolute atomic E-state index is 12.8. The first kappa shape index (κ1) is 19.6. The number of benzene rings is 1. The lowest BCUT2D eigenvalue weighted by Gasteiger charge is -2.20. The summed E-state index contributed by atoms with van der Waals surface area (Å²) in [6.07, 6.45) is 0. The van der Waals surface area contributed by atoms with Gasteiger partial charge >= 0.3 is 0 Å². The number of thiocarbonyl (C=S) groups is 1. The normalized spacial score (nSPS) is 10.7. The molecule has 2 aromatic rings. The average Bonchev–Trinajstić information content (AvgIpc) is 2.83. The van der Waals surface area contributed by atoms with Gasteiger partial charge in [0.25, 0.3) is 5.56 Å². The molecule has 0 spiro atoms. The Morgan fingerprint density at radius 1 is 1.24 bits per heavy atom. The van der Waals surface area contributed by atoms with Crippen molar-refractivity contribution in [3.05, 3.63) is 46.4 Å². The van der Waals surface area contributed by atoms with Crippen molar-refractivity contribution in [2.45, 2.75) is 20.8 Å². The van der Waals surface area contributed by atoms with E-state index >= 15 is 0 Å². The van der Waals surface area contributed by atoms with E-state index in [1.54, 1.807) is 16.4 Å². The Morgan fingerprint density at radius 2 is 1.88 bits per heavy atom. The highest BCUT2D eigenvalue weighted by Gasteiger charge is 2.15. The predicted molar refractivity (Wildman–Crippen MR) is 112 cm³/mol. The molecule has 1 heterocycles. The first-order valence-electron chi connectivity index (χ1n) is 8.50. The van der Waals surface area contributed by atoms with E-state index in [1.165, 1.54) is 0 Å². The number of rotatable bonds is 7. The lowest BCUT2D eigenvalue weighted by atomic mass is 10.3. The van der Waals surface area contributed by atoms with Crippen molar-refractivity contribution in [3.63, 3.8) is 0 Å². The molecule has 0 unspecified atom stereocenters. The summed E-state index contributed by atoms with van der Waals surface area (Å²) in [6.45, 7) is 8.71. The van der Waals surface area contributed by atoms with Crippen molar-refractivity contribution in [2.24, 2.45) is 7.05 Å². The molecule has 0 amide bonds. The van der Waals surface area contributed by atoms with Crippen molar-refractivity contribution in [1.29, 1.82) is 0 Å². The molecule has 1 aromatic carbocycles. The Labute approximate surface area is 159 Å². The van der Waals surface area contributed by atoms with Crippen LogP contribution >= 0.6 is 24.0 Å². The minimum Gasteiger partial charge on any atom is -0.378 e. The number of nitrogens with one attached hydrogen (secondary N) is 1. The van der Waals surface area contributed by atoms with Gasteiger partial charge in [0, 0.05) is 32.4 Å². The number of thioether (sulfide) groups is 1. The second-order valence-corrected chi connectivity index (χ2v) is 7.38. The topological polar surface area (TPSA) is 42.2 Å². The monoisotopic (exact) mass is 378 g/mol. The van der Waals surface area contributed by atoms with Crippen LogP contribution in [0.4, 0.5) is 5.69 Å². The van der Waals surface area contributed by atoms with Crippen LogP contribution in [0.2, 0.25) is 0 Å². The zero-order valence-corrected chi connectivity index (χ0v) is 16.9. The van der Waals surface area contributed by atoms with Crippen LogP contribution in [0.5, 0.6) is 0 Å².